The van der Waals surface area contributed by atoms with Crippen LogP contribution in [0.1, 0.15) is 31.4 Å². The van der Waals surface area contributed by atoms with Crippen LogP contribution >= 0.6 is 0 Å². The minimum Gasteiger partial charge on any atom is -0.393 e. The number of hydrogen-bond acceptors (Lipinski definition) is 4. The molecule has 0 unspecified atom stereocenters. The van der Waals surface area contributed by atoms with E-state index in [2.05, 4.69) is 4.98 Å². The standard InChI is InChI=1S/C12H19N3O3/c1-2-7-6-14-12(18)15(11(7)17)9-3-8(5-13)10(16)4-9/h6,8-10,16H,2-5,13H2,1H3,(H,14,18)/t8-,9-,10+/m1/s1. The topological polar surface area (TPSA) is 101 Å². The molecule has 1 aliphatic rings. The number of nitrogens with one attached hydrogen (secondary N) is 1. The van der Waals surface area contributed by atoms with E-state index in [0.29, 0.717) is 31.4 Å². The predicted octanol–water partition coefficient (Wildman–Crippen LogP) is -0.630. The number of aryl methyl sites for hydroxylation is 1. The fraction of sp³-hybridized carbons (Fsp3) is 0.667. The van der Waals surface area contributed by atoms with Crippen molar-refractivity contribution >= 4 is 0 Å². The van der Waals surface area contributed by atoms with E-state index in [1.807, 2.05) is 6.92 Å². The normalized spacial score (nSPS) is 27.6. The second-order valence-corrected chi connectivity index (χ2v) is 4.84. The van der Waals surface area contributed by atoms with Crippen LogP contribution in [0.15, 0.2) is 15.8 Å². The minimum absolute atomic E-state index is 0.0356. The maximum atomic E-state index is 12.1. The van der Waals surface area contributed by atoms with Crippen LogP contribution in [0.25, 0.3) is 0 Å². The van der Waals surface area contributed by atoms with Crippen LogP contribution in [0.2, 0.25) is 0 Å². The molecule has 0 saturated heterocycles. The third kappa shape index (κ3) is 2.13. The van der Waals surface area contributed by atoms with Gasteiger partial charge in [0.15, 0.2) is 0 Å². The number of nitrogens with two attached hydrogens (primary N) is 1. The van der Waals surface area contributed by atoms with Gasteiger partial charge in [0.05, 0.1) is 6.10 Å². The number of rotatable bonds is 3. The molecule has 1 aromatic rings. The first-order valence-corrected chi connectivity index (χ1v) is 6.29. The summed E-state index contributed by atoms with van der Waals surface area (Å²) in [5, 5.41) is 9.82. The fourth-order valence-corrected chi connectivity index (χ4v) is 2.65. The smallest absolute Gasteiger partial charge is 0.328 e. The molecule has 6 heteroatoms. The van der Waals surface area contributed by atoms with Crippen molar-refractivity contribution in [3.63, 3.8) is 0 Å². The van der Waals surface area contributed by atoms with Gasteiger partial charge in [-0.25, -0.2) is 4.79 Å². The summed E-state index contributed by atoms with van der Waals surface area (Å²) in [7, 11) is 0. The molecule has 6 nitrogen and oxygen atoms in total. The number of aromatic amines is 1. The molecule has 0 spiro atoms. The van der Waals surface area contributed by atoms with E-state index in [-0.39, 0.29) is 17.5 Å². The average molecular weight is 253 g/mol. The van der Waals surface area contributed by atoms with Crippen molar-refractivity contribution in [1.82, 2.24) is 9.55 Å². The Bertz CT molecular complexity index is 534. The van der Waals surface area contributed by atoms with E-state index in [1.165, 1.54) is 10.8 Å². The van der Waals surface area contributed by atoms with E-state index in [0.717, 1.165) is 0 Å². The average Bonchev–Trinajstić information content (AvgIpc) is 2.70. The molecule has 1 aromatic heterocycles. The Morgan fingerprint density at radius 3 is 2.78 bits per heavy atom. The van der Waals surface area contributed by atoms with Gasteiger partial charge in [0, 0.05) is 17.8 Å². The van der Waals surface area contributed by atoms with Crippen LogP contribution in [-0.2, 0) is 6.42 Å². The highest BCUT2D eigenvalue weighted by Crippen LogP contribution is 2.32. The summed E-state index contributed by atoms with van der Waals surface area (Å²) < 4.78 is 1.23. The molecule has 100 valence electrons. The highest BCUT2D eigenvalue weighted by atomic mass is 16.3. The third-order valence-corrected chi connectivity index (χ3v) is 3.76. The number of H-pyrrole nitrogens is 1. The van der Waals surface area contributed by atoms with Gasteiger partial charge in [-0.1, -0.05) is 6.92 Å². The summed E-state index contributed by atoms with van der Waals surface area (Å²) in [6.45, 7) is 2.24. The lowest BCUT2D eigenvalue weighted by Crippen LogP contribution is -2.39. The maximum Gasteiger partial charge on any atom is 0.328 e. The Morgan fingerprint density at radius 2 is 2.22 bits per heavy atom. The van der Waals surface area contributed by atoms with Crippen molar-refractivity contribution in [3.05, 3.63) is 32.6 Å². The van der Waals surface area contributed by atoms with Crippen molar-refractivity contribution in [2.75, 3.05) is 6.54 Å². The first-order valence-electron chi connectivity index (χ1n) is 6.29. The van der Waals surface area contributed by atoms with Gasteiger partial charge in [-0.05, 0) is 31.7 Å². The van der Waals surface area contributed by atoms with Crippen molar-refractivity contribution in [2.45, 2.75) is 38.3 Å². The minimum atomic E-state index is -0.531. The van der Waals surface area contributed by atoms with Crippen molar-refractivity contribution in [3.8, 4) is 0 Å². The molecule has 3 atom stereocenters. The van der Waals surface area contributed by atoms with Crippen molar-refractivity contribution < 1.29 is 5.11 Å². The third-order valence-electron chi connectivity index (χ3n) is 3.76. The number of hydrogen-bond donors (Lipinski definition) is 3. The lowest BCUT2D eigenvalue weighted by Gasteiger charge is -2.13. The summed E-state index contributed by atoms with van der Waals surface area (Å²) >= 11 is 0. The number of aliphatic hydroxyl groups excluding tert-OH is 1. The first kappa shape index (κ1) is 13.0. The largest absolute Gasteiger partial charge is 0.393 e. The molecule has 2 rings (SSSR count). The van der Waals surface area contributed by atoms with Gasteiger partial charge >= 0.3 is 5.69 Å². The Hall–Kier alpha value is -1.40. The van der Waals surface area contributed by atoms with Crippen LogP contribution in [0, 0.1) is 5.92 Å². The van der Waals surface area contributed by atoms with Gasteiger partial charge in [0.1, 0.15) is 0 Å². The summed E-state index contributed by atoms with van der Waals surface area (Å²) in [5.74, 6) is -0.0356. The molecule has 0 aromatic carbocycles. The lowest BCUT2D eigenvalue weighted by molar-refractivity contribution is 0.134. The molecular formula is C12H19N3O3. The van der Waals surface area contributed by atoms with E-state index in [9.17, 15) is 14.7 Å². The highest BCUT2D eigenvalue weighted by Gasteiger charge is 2.34. The zero-order chi connectivity index (χ0) is 13.3. The first-order chi connectivity index (χ1) is 8.58. The van der Waals surface area contributed by atoms with E-state index >= 15 is 0 Å². The quantitative estimate of drug-likeness (QED) is 0.667. The SMILES string of the molecule is CCc1c[nH]c(=O)n([C@@H]2C[C@H](CN)[C@@H](O)C2)c1=O. The van der Waals surface area contributed by atoms with E-state index in [4.69, 9.17) is 5.73 Å². The molecular weight excluding hydrogens is 234 g/mol. The van der Waals surface area contributed by atoms with E-state index < -0.39 is 11.8 Å². The second-order valence-electron chi connectivity index (χ2n) is 4.84. The monoisotopic (exact) mass is 253 g/mol. The molecule has 0 radical (unpaired) electrons. The van der Waals surface area contributed by atoms with Crippen LogP contribution in [-0.4, -0.2) is 27.3 Å². The zero-order valence-electron chi connectivity index (χ0n) is 10.4. The van der Waals surface area contributed by atoms with Crippen LogP contribution < -0.4 is 17.0 Å². The van der Waals surface area contributed by atoms with Crippen LogP contribution in [0.3, 0.4) is 0 Å². The molecule has 18 heavy (non-hydrogen) atoms. The predicted molar refractivity (Wildman–Crippen MR) is 67.5 cm³/mol. The molecule has 0 bridgehead atoms. The summed E-state index contributed by atoms with van der Waals surface area (Å²) in [6.07, 6.45) is 2.50. The maximum absolute atomic E-state index is 12.1. The van der Waals surface area contributed by atoms with Gasteiger partial charge in [0.2, 0.25) is 0 Å². The van der Waals surface area contributed by atoms with Gasteiger partial charge in [-0.3, -0.25) is 9.36 Å². The van der Waals surface area contributed by atoms with Crippen LogP contribution in [0.4, 0.5) is 0 Å². The molecule has 1 heterocycles. The number of aliphatic hydroxyl groups is 1. The van der Waals surface area contributed by atoms with E-state index in [1.54, 1.807) is 0 Å². The summed E-state index contributed by atoms with van der Waals surface area (Å²) in [4.78, 5) is 26.5. The van der Waals surface area contributed by atoms with Crippen molar-refractivity contribution in [2.24, 2.45) is 11.7 Å². The lowest BCUT2D eigenvalue weighted by atomic mass is 10.1. The van der Waals surface area contributed by atoms with Gasteiger partial charge in [-0.15, -0.1) is 0 Å². The molecule has 0 amide bonds. The highest BCUT2D eigenvalue weighted by molar-refractivity contribution is 5.05. The zero-order valence-corrected chi connectivity index (χ0v) is 10.4. The summed E-state index contributed by atoms with van der Waals surface area (Å²) in [6, 6.07) is -0.253. The number of aromatic nitrogens is 2. The van der Waals surface area contributed by atoms with Gasteiger partial charge in [0.25, 0.3) is 5.56 Å². The van der Waals surface area contributed by atoms with Crippen LogP contribution in [0.5, 0.6) is 0 Å². The molecule has 4 N–H and O–H groups in total. The summed E-state index contributed by atoms with van der Waals surface area (Å²) in [5.41, 5.74) is 5.48. The Labute approximate surface area is 104 Å². The fourth-order valence-electron chi connectivity index (χ4n) is 2.65. The molecule has 0 aliphatic heterocycles. The second kappa shape index (κ2) is 5.07. The number of nitrogens with zero attached hydrogens (tertiary/aromatic N) is 1. The van der Waals surface area contributed by atoms with Gasteiger partial charge < -0.3 is 15.8 Å². The van der Waals surface area contributed by atoms with Gasteiger partial charge in [-0.2, -0.15) is 0 Å². The Morgan fingerprint density at radius 1 is 1.50 bits per heavy atom. The molecule has 1 aliphatic carbocycles. The molecule has 1 saturated carbocycles. The Balaban J connectivity index is 2.41. The Kier molecular flexibility index (Phi) is 3.68. The molecule has 1 fully saturated rings. The van der Waals surface area contributed by atoms with Crippen molar-refractivity contribution in [1.29, 1.82) is 0 Å².